The highest BCUT2D eigenvalue weighted by Crippen LogP contribution is 2.25. The highest BCUT2D eigenvalue weighted by Gasteiger charge is 2.33. The average Bonchev–Trinajstić information content (AvgIpc) is 2.93. The Labute approximate surface area is 237 Å². The molecule has 0 saturated heterocycles. The van der Waals surface area contributed by atoms with Gasteiger partial charge in [-0.2, -0.15) is 0 Å². The first-order valence-corrected chi connectivity index (χ1v) is 15.0. The van der Waals surface area contributed by atoms with Gasteiger partial charge in [-0.3, -0.25) is 13.9 Å². The third-order valence-electron chi connectivity index (χ3n) is 6.69. The third kappa shape index (κ3) is 7.91. The van der Waals surface area contributed by atoms with Gasteiger partial charge in [0.1, 0.15) is 18.4 Å². The number of carbonyl (C=O) groups is 2. The van der Waals surface area contributed by atoms with Crippen molar-refractivity contribution in [2.75, 3.05) is 17.4 Å². The van der Waals surface area contributed by atoms with Crippen LogP contribution in [0.15, 0.2) is 77.7 Å². The molecule has 214 valence electrons. The van der Waals surface area contributed by atoms with E-state index in [4.69, 9.17) is 0 Å². The van der Waals surface area contributed by atoms with E-state index in [0.717, 1.165) is 46.0 Å². The molecule has 0 aliphatic carbocycles. The van der Waals surface area contributed by atoms with Crippen LogP contribution in [-0.2, 0) is 26.2 Å². The molecule has 3 rings (SSSR count). The second-order valence-corrected chi connectivity index (χ2v) is 11.7. The van der Waals surface area contributed by atoms with Crippen LogP contribution in [0.1, 0.15) is 49.8 Å². The lowest BCUT2D eigenvalue weighted by atomic mass is 10.1. The van der Waals surface area contributed by atoms with Crippen molar-refractivity contribution in [2.45, 2.75) is 64.4 Å². The molecule has 1 unspecified atom stereocenters. The number of nitrogens with one attached hydrogen (secondary N) is 1. The molecular weight excluding hydrogens is 529 g/mol. The van der Waals surface area contributed by atoms with Gasteiger partial charge in [0.05, 0.1) is 10.6 Å². The van der Waals surface area contributed by atoms with E-state index in [2.05, 4.69) is 5.32 Å². The Morgan fingerprint density at radius 2 is 1.45 bits per heavy atom. The van der Waals surface area contributed by atoms with Crippen LogP contribution in [0, 0.1) is 19.7 Å². The minimum Gasteiger partial charge on any atom is -0.354 e. The molecule has 0 bridgehead atoms. The lowest BCUT2D eigenvalue weighted by Crippen LogP contribution is -2.52. The predicted molar refractivity (Wildman–Crippen MR) is 156 cm³/mol. The number of unbranched alkanes of at least 4 members (excludes halogenated alkanes) is 1. The maximum absolute atomic E-state index is 14.0. The van der Waals surface area contributed by atoms with Crippen LogP contribution in [0.5, 0.6) is 0 Å². The first-order valence-electron chi connectivity index (χ1n) is 13.5. The first kappa shape index (κ1) is 30.8. The lowest BCUT2D eigenvalue weighted by molar-refractivity contribution is -0.140. The van der Waals surface area contributed by atoms with Crippen molar-refractivity contribution in [1.29, 1.82) is 0 Å². The summed E-state index contributed by atoms with van der Waals surface area (Å²) in [7, 11) is -4.20. The molecule has 3 aromatic carbocycles. The van der Waals surface area contributed by atoms with Gasteiger partial charge in [0.25, 0.3) is 10.0 Å². The van der Waals surface area contributed by atoms with Crippen LogP contribution in [0.2, 0.25) is 0 Å². The SMILES string of the molecule is CCCCNC(=O)C(CC)N(Cc1ccc(C)cc1)C(=O)CN(c1ccc(F)cc1)S(=O)(=O)c1ccc(C)cc1. The van der Waals surface area contributed by atoms with E-state index in [1.807, 2.05) is 52.0 Å². The molecule has 0 saturated carbocycles. The van der Waals surface area contributed by atoms with Crippen molar-refractivity contribution in [2.24, 2.45) is 0 Å². The number of amides is 2. The Morgan fingerprint density at radius 3 is 2.00 bits per heavy atom. The maximum Gasteiger partial charge on any atom is 0.264 e. The van der Waals surface area contributed by atoms with E-state index < -0.39 is 34.3 Å². The van der Waals surface area contributed by atoms with Crippen LogP contribution >= 0.6 is 0 Å². The Hall–Kier alpha value is -3.72. The fourth-order valence-corrected chi connectivity index (χ4v) is 5.70. The van der Waals surface area contributed by atoms with E-state index in [1.165, 1.54) is 29.2 Å². The van der Waals surface area contributed by atoms with Crippen molar-refractivity contribution in [3.63, 3.8) is 0 Å². The van der Waals surface area contributed by atoms with Crippen LogP contribution in [0.25, 0.3) is 0 Å². The van der Waals surface area contributed by atoms with Gasteiger partial charge in [0, 0.05) is 13.1 Å². The summed E-state index contributed by atoms with van der Waals surface area (Å²) in [5.41, 5.74) is 2.89. The van der Waals surface area contributed by atoms with Gasteiger partial charge < -0.3 is 10.2 Å². The summed E-state index contributed by atoms with van der Waals surface area (Å²) in [6.07, 6.45) is 2.06. The minimum absolute atomic E-state index is 0.00431. The van der Waals surface area contributed by atoms with Crippen molar-refractivity contribution in [3.8, 4) is 0 Å². The molecule has 3 aromatic rings. The standard InChI is InChI=1S/C31H38FN3O4S/c1-5-7-20-33-31(37)29(6-2)34(21-25-12-8-23(3)9-13-25)30(36)22-35(27-16-14-26(32)15-17-27)40(38,39)28-18-10-24(4)11-19-28/h8-19,29H,5-7,20-22H2,1-4H3,(H,33,37). The molecule has 0 fully saturated rings. The van der Waals surface area contributed by atoms with Gasteiger partial charge >= 0.3 is 0 Å². The van der Waals surface area contributed by atoms with E-state index in [1.54, 1.807) is 12.1 Å². The van der Waals surface area contributed by atoms with E-state index in [0.29, 0.717) is 13.0 Å². The summed E-state index contributed by atoms with van der Waals surface area (Å²) in [5.74, 6) is -1.36. The van der Waals surface area contributed by atoms with Crippen molar-refractivity contribution in [3.05, 3.63) is 95.3 Å². The number of carbonyl (C=O) groups excluding carboxylic acids is 2. The fraction of sp³-hybridized carbons (Fsp3) is 0.355. The number of aryl methyl sites for hydroxylation is 2. The summed E-state index contributed by atoms with van der Waals surface area (Å²) < 4.78 is 42.4. The quantitative estimate of drug-likeness (QED) is 0.282. The number of hydrogen-bond acceptors (Lipinski definition) is 4. The summed E-state index contributed by atoms with van der Waals surface area (Å²) in [5, 5.41) is 2.91. The molecule has 9 heteroatoms. The molecule has 2 amide bonds. The number of halogens is 1. The number of rotatable bonds is 13. The Bertz CT molecular complexity index is 1380. The van der Waals surface area contributed by atoms with Crippen molar-refractivity contribution in [1.82, 2.24) is 10.2 Å². The molecule has 0 aliphatic rings. The molecular formula is C31H38FN3O4S. The lowest BCUT2D eigenvalue weighted by Gasteiger charge is -2.33. The van der Waals surface area contributed by atoms with Gasteiger partial charge in [-0.15, -0.1) is 0 Å². The van der Waals surface area contributed by atoms with Gasteiger partial charge in [-0.1, -0.05) is 67.8 Å². The zero-order chi connectivity index (χ0) is 29.3. The number of nitrogens with zero attached hydrogens (tertiary/aromatic N) is 2. The molecule has 0 aromatic heterocycles. The van der Waals surface area contributed by atoms with Gasteiger partial charge in [0.15, 0.2) is 0 Å². The number of sulfonamides is 1. The number of anilines is 1. The normalized spacial score (nSPS) is 12.0. The van der Waals surface area contributed by atoms with Gasteiger partial charge in [0.2, 0.25) is 11.8 Å². The first-order chi connectivity index (χ1) is 19.1. The molecule has 0 aliphatic heterocycles. The monoisotopic (exact) mass is 567 g/mol. The molecule has 1 atom stereocenters. The van der Waals surface area contributed by atoms with Crippen LogP contribution < -0.4 is 9.62 Å². The average molecular weight is 568 g/mol. The minimum atomic E-state index is -4.20. The van der Waals surface area contributed by atoms with E-state index in [-0.39, 0.29) is 23.0 Å². The molecule has 40 heavy (non-hydrogen) atoms. The largest absolute Gasteiger partial charge is 0.354 e. The molecule has 1 N–H and O–H groups in total. The summed E-state index contributed by atoms with van der Waals surface area (Å²) in [6.45, 7) is 7.70. The number of hydrogen-bond donors (Lipinski definition) is 1. The Kier molecular flexibility index (Phi) is 10.8. The van der Waals surface area contributed by atoms with Gasteiger partial charge in [-0.25, -0.2) is 12.8 Å². The van der Waals surface area contributed by atoms with E-state index >= 15 is 0 Å². The van der Waals surface area contributed by atoms with E-state index in [9.17, 15) is 22.4 Å². The molecule has 0 radical (unpaired) electrons. The predicted octanol–water partition coefficient (Wildman–Crippen LogP) is 5.36. The zero-order valence-electron chi connectivity index (χ0n) is 23.6. The van der Waals surface area contributed by atoms with Crippen LogP contribution in [-0.4, -0.2) is 44.3 Å². The summed E-state index contributed by atoms with van der Waals surface area (Å²) in [6, 6.07) is 18.1. The second-order valence-electron chi connectivity index (χ2n) is 9.88. The number of benzene rings is 3. The highest BCUT2D eigenvalue weighted by atomic mass is 32.2. The molecule has 0 spiro atoms. The second kappa shape index (κ2) is 14.1. The fourth-order valence-electron chi connectivity index (χ4n) is 4.29. The molecule has 7 nitrogen and oxygen atoms in total. The smallest absolute Gasteiger partial charge is 0.264 e. The van der Waals surface area contributed by atoms with Crippen molar-refractivity contribution < 1.29 is 22.4 Å². The summed E-state index contributed by atoms with van der Waals surface area (Å²) in [4.78, 5) is 28.6. The van der Waals surface area contributed by atoms with Crippen molar-refractivity contribution >= 4 is 27.5 Å². The summed E-state index contributed by atoms with van der Waals surface area (Å²) >= 11 is 0. The third-order valence-corrected chi connectivity index (χ3v) is 8.48. The van der Waals surface area contributed by atoms with Gasteiger partial charge in [-0.05, 0) is 68.7 Å². The highest BCUT2D eigenvalue weighted by molar-refractivity contribution is 7.92. The maximum atomic E-state index is 14.0. The molecule has 0 heterocycles. The van der Waals surface area contributed by atoms with Crippen LogP contribution in [0.4, 0.5) is 10.1 Å². The Balaban J connectivity index is 2.02. The topological polar surface area (TPSA) is 86.8 Å². The van der Waals surface area contributed by atoms with Crippen LogP contribution in [0.3, 0.4) is 0 Å². The Morgan fingerprint density at radius 1 is 0.875 bits per heavy atom. The zero-order valence-corrected chi connectivity index (χ0v) is 24.4.